The third-order valence-electron chi connectivity index (χ3n) is 3.84. The van der Waals surface area contributed by atoms with Gasteiger partial charge in [-0.25, -0.2) is 4.99 Å². The third kappa shape index (κ3) is 7.90. The van der Waals surface area contributed by atoms with Gasteiger partial charge in [0.15, 0.2) is 11.7 Å². The van der Waals surface area contributed by atoms with Crippen LogP contribution in [0.3, 0.4) is 0 Å². The Kier molecular flexibility index (Phi) is 9.55. The first-order chi connectivity index (χ1) is 11.5. The Hall–Kier alpha value is -1.57. The van der Waals surface area contributed by atoms with Crippen molar-refractivity contribution >= 4 is 29.9 Å². The maximum absolute atomic E-state index is 5.95. The van der Waals surface area contributed by atoms with Crippen molar-refractivity contribution in [1.82, 2.24) is 10.5 Å². The molecule has 6 heteroatoms. The lowest BCUT2D eigenvalue weighted by molar-refractivity contribution is 0.424. The minimum Gasteiger partial charge on any atom is -0.370 e. The van der Waals surface area contributed by atoms with Crippen molar-refractivity contribution < 1.29 is 4.52 Å². The summed E-state index contributed by atoms with van der Waals surface area (Å²) < 4.78 is 5.36. The SMILES string of the molecule is CC(C)CCCC(C)NC(N)=NCc1cc(-c2ccccc2)on1.I. The molecule has 2 aromatic rings. The summed E-state index contributed by atoms with van der Waals surface area (Å²) in [5, 5.41) is 7.28. The van der Waals surface area contributed by atoms with Gasteiger partial charge in [0, 0.05) is 17.7 Å². The van der Waals surface area contributed by atoms with Gasteiger partial charge in [0.05, 0.1) is 6.54 Å². The van der Waals surface area contributed by atoms with Gasteiger partial charge in [-0.2, -0.15) is 0 Å². The summed E-state index contributed by atoms with van der Waals surface area (Å²) in [7, 11) is 0. The molecule has 5 nitrogen and oxygen atoms in total. The summed E-state index contributed by atoms with van der Waals surface area (Å²) in [6.45, 7) is 7.03. The molecule has 0 fully saturated rings. The number of hydrogen-bond donors (Lipinski definition) is 2. The lowest BCUT2D eigenvalue weighted by Crippen LogP contribution is -2.38. The van der Waals surface area contributed by atoms with E-state index in [-0.39, 0.29) is 24.0 Å². The van der Waals surface area contributed by atoms with Crippen LogP contribution in [0.2, 0.25) is 0 Å². The molecule has 25 heavy (non-hydrogen) atoms. The molecule has 1 aromatic carbocycles. The number of aliphatic imine (C=N–C) groups is 1. The molecule has 138 valence electrons. The van der Waals surface area contributed by atoms with Crippen LogP contribution < -0.4 is 11.1 Å². The first kappa shape index (κ1) is 21.5. The monoisotopic (exact) mass is 456 g/mol. The van der Waals surface area contributed by atoms with Crippen LogP contribution in [0.15, 0.2) is 45.9 Å². The molecule has 1 atom stereocenters. The van der Waals surface area contributed by atoms with Crippen molar-refractivity contribution in [2.24, 2.45) is 16.6 Å². The first-order valence-corrected chi connectivity index (χ1v) is 8.62. The Labute approximate surface area is 167 Å². The highest BCUT2D eigenvalue weighted by atomic mass is 127. The smallest absolute Gasteiger partial charge is 0.189 e. The molecule has 1 unspecified atom stereocenters. The maximum Gasteiger partial charge on any atom is 0.189 e. The fraction of sp³-hybridized carbons (Fsp3) is 0.474. The second-order valence-electron chi connectivity index (χ2n) is 6.62. The van der Waals surface area contributed by atoms with E-state index < -0.39 is 0 Å². The van der Waals surface area contributed by atoms with Crippen LogP contribution in [0.1, 0.15) is 45.7 Å². The number of hydrogen-bond acceptors (Lipinski definition) is 3. The van der Waals surface area contributed by atoms with Crippen molar-refractivity contribution in [2.45, 2.75) is 52.6 Å². The van der Waals surface area contributed by atoms with Crippen LogP contribution >= 0.6 is 24.0 Å². The van der Waals surface area contributed by atoms with E-state index in [0.717, 1.165) is 29.4 Å². The van der Waals surface area contributed by atoms with Crippen molar-refractivity contribution in [2.75, 3.05) is 0 Å². The predicted octanol–water partition coefficient (Wildman–Crippen LogP) is 4.58. The molecule has 0 radical (unpaired) electrons. The molecule has 0 aliphatic carbocycles. The van der Waals surface area contributed by atoms with Crippen molar-refractivity contribution in [3.8, 4) is 11.3 Å². The van der Waals surface area contributed by atoms with Gasteiger partial charge in [-0.15, -0.1) is 24.0 Å². The number of halogens is 1. The fourth-order valence-corrected chi connectivity index (χ4v) is 2.49. The maximum atomic E-state index is 5.95. The third-order valence-corrected chi connectivity index (χ3v) is 3.84. The number of nitrogens with two attached hydrogens (primary N) is 1. The predicted molar refractivity (Wildman–Crippen MR) is 114 cm³/mol. The van der Waals surface area contributed by atoms with Crippen molar-refractivity contribution in [3.63, 3.8) is 0 Å². The highest BCUT2D eigenvalue weighted by molar-refractivity contribution is 14.0. The topological polar surface area (TPSA) is 76.4 Å². The molecule has 1 heterocycles. The summed E-state index contributed by atoms with van der Waals surface area (Å²) in [4.78, 5) is 4.35. The summed E-state index contributed by atoms with van der Waals surface area (Å²) >= 11 is 0. The summed E-state index contributed by atoms with van der Waals surface area (Å²) in [6, 6.07) is 12.1. The molecule has 0 amide bonds. The van der Waals surface area contributed by atoms with Gasteiger partial charge in [0.25, 0.3) is 0 Å². The van der Waals surface area contributed by atoms with E-state index in [0.29, 0.717) is 18.5 Å². The molecule has 3 N–H and O–H groups in total. The van der Waals surface area contributed by atoms with Crippen LogP contribution in [-0.2, 0) is 6.54 Å². The van der Waals surface area contributed by atoms with Gasteiger partial charge in [-0.3, -0.25) is 0 Å². The zero-order chi connectivity index (χ0) is 17.4. The fourth-order valence-electron chi connectivity index (χ4n) is 2.49. The van der Waals surface area contributed by atoms with Gasteiger partial charge in [0.2, 0.25) is 0 Å². The number of nitrogens with zero attached hydrogens (tertiary/aromatic N) is 2. The highest BCUT2D eigenvalue weighted by Crippen LogP contribution is 2.19. The summed E-state index contributed by atoms with van der Waals surface area (Å²) in [5.74, 6) is 1.94. The first-order valence-electron chi connectivity index (χ1n) is 8.62. The molecule has 0 aliphatic rings. The Balaban J connectivity index is 0.00000312. The lowest BCUT2D eigenvalue weighted by atomic mass is 10.0. The van der Waals surface area contributed by atoms with Gasteiger partial charge >= 0.3 is 0 Å². The van der Waals surface area contributed by atoms with Gasteiger partial charge in [0.1, 0.15) is 5.69 Å². The Morgan fingerprint density at radius 3 is 2.60 bits per heavy atom. The normalized spacial score (nSPS) is 12.7. The van der Waals surface area contributed by atoms with Crippen LogP contribution in [0.25, 0.3) is 11.3 Å². The average Bonchev–Trinajstić information content (AvgIpc) is 3.02. The summed E-state index contributed by atoms with van der Waals surface area (Å²) in [6.07, 6.45) is 3.53. The number of guanidine groups is 1. The molecule has 0 bridgehead atoms. The average molecular weight is 456 g/mol. The quantitative estimate of drug-likeness (QED) is 0.347. The second kappa shape index (κ2) is 11.1. The van der Waals surface area contributed by atoms with Crippen LogP contribution in [0.5, 0.6) is 0 Å². The molecule has 2 rings (SSSR count). The van der Waals surface area contributed by atoms with Crippen molar-refractivity contribution in [1.29, 1.82) is 0 Å². The summed E-state index contributed by atoms with van der Waals surface area (Å²) in [5.41, 5.74) is 7.73. The van der Waals surface area contributed by atoms with Gasteiger partial charge in [-0.05, 0) is 19.3 Å². The number of aromatic nitrogens is 1. The van der Waals surface area contributed by atoms with E-state index in [1.165, 1.54) is 12.8 Å². The molecular weight excluding hydrogens is 427 g/mol. The number of rotatable bonds is 8. The largest absolute Gasteiger partial charge is 0.370 e. The van der Waals surface area contributed by atoms with Crippen molar-refractivity contribution in [3.05, 3.63) is 42.1 Å². The van der Waals surface area contributed by atoms with Crippen LogP contribution in [0.4, 0.5) is 0 Å². The van der Waals surface area contributed by atoms with Gasteiger partial charge in [-0.1, -0.05) is 62.2 Å². The Morgan fingerprint density at radius 2 is 1.92 bits per heavy atom. The van der Waals surface area contributed by atoms with E-state index in [1.807, 2.05) is 36.4 Å². The molecular formula is C19H29IN4O. The molecule has 0 spiro atoms. The zero-order valence-electron chi connectivity index (χ0n) is 15.2. The zero-order valence-corrected chi connectivity index (χ0v) is 17.6. The van der Waals surface area contributed by atoms with Crippen LogP contribution in [0, 0.1) is 5.92 Å². The molecule has 0 saturated heterocycles. The standard InChI is InChI=1S/C19H28N4O.HI/c1-14(2)8-7-9-15(3)22-19(20)21-13-17-12-18(24-23-17)16-10-5-4-6-11-16;/h4-6,10-12,14-15H,7-9,13H2,1-3H3,(H3,20,21,22);1H. The van der Waals surface area contributed by atoms with Gasteiger partial charge < -0.3 is 15.6 Å². The van der Waals surface area contributed by atoms with E-state index >= 15 is 0 Å². The van der Waals surface area contributed by atoms with E-state index in [2.05, 4.69) is 36.2 Å². The molecule has 0 saturated carbocycles. The second-order valence-corrected chi connectivity index (χ2v) is 6.62. The molecule has 1 aromatic heterocycles. The molecule has 0 aliphatic heterocycles. The lowest BCUT2D eigenvalue weighted by Gasteiger charge is -2.14. The Morgan fingerprint density at radius 1 is 1.20 bits per heavy atom. The highest BCUT2D eigenvalue weighted by Gasteiger charge is 2.07. The minimum absolute atomic E-state index is 0. The van der Waals surface area contributed by atoms with Crippen LogP contribution in [-0.4, -0.2) is 17.2 Å². The number of nitrogens with one attached hydrogen (secondary N) is 1. The minimum atomic E-state index is 0. The number of benzene rings is 1. The van der Waals surface area contributed by atoms with E-state index in [9.17, 15) is 0 Å². The van der Waals surface area contributed by atoms with E-state index in [1.54, 1.807) is 0 Å². The van der Waals surface area contributed by atoms with E-state index in [4.69, 9.17) is 10.3 Å². The Bertz CT molecular complexity index is 640.